The van der Waals surface area contributed by atoms with E-state index < -0.39 is 0 Å². The lowest BCUT2D eigenvalue weighted by Gasteiger charge is -2.05. The fourth-order valence-corrected chi connectivity index (χ4v) is 1.73. The van der Waals surface area contributed by atoms with E-state index in [-0.39, 0.29) is 5.91 Å². The van der Waals surface area contributed by atoms with Crippen LogP contribution in [0.25, 0.3) is 0 Å². The van der Waals surface area contributed by atoms with Crippen molar-refractivity contribution in [3.63, 3.8) is 0 Å². The molecule has 90 valence electrons. The van der Waals surface area contributed by atoms with Gasteiger partial charge in [0.15, 0.2) is 0 Å². The van der Waals surface area contributed by atoms with Gasteiger partial charge in [-0.2, -0.15) is 0 Å². The lowest BCUT2D eigenvalue weighted by atomic mass is 10.0. The second-order valence-corrected chi connectivity index (χ2v) is 4.05. The number of hydrogen-bond donors (Lipinski definition) is 1. The molecule has 0 radical (unpaired) electrons. The zero-order chi connectivity index (χ0) is 12.8. The third kappa shape index (κ3) is 3.32. The molecule has 2 aromatic carbocycles. The Morgan fingerprint density at radius 1 is 1.00 bits per heavy atom. The Balaban J connectivity index is 2.04. The van der Waals surface area contributed by atoms with Crippen molar-refractivity contribution in [2.45, 2.75) is 6.42 Å². The van der Waals surface area contributed by atoms with Crippen LogP contribution in [0.3, 0.4) is 0 Å². The van der Waals surface area contributed by atoms with Crippen molar-refractivity contribution in [1.82, 2.24) is 0 Å². The van der Waals surface area contributed by atoms with Crippen LogP contribution in [0, 0.1) is 0 Å². The number of rotatable bonds is 4. The van der Waals surface area contributed by atoms with Crippen molar-refractivity contribution < 1.29 is 4.79 Å². The van der Waals surface area contributed by atoms with E-state index in [9.17, 15) is 4.79 Å². The molecule has 0 aliphatic heterocycles. The first-order chi connectivity index (χ1) is 8.78. The Morgan fingerprint density at radius 2 is 1.61 bits per heavy atom. The Bertz CT molecular complexity index is 529. The SMILES string of the molecule is C=CC(=O)Nc1ccc(Cc2ccccc2)cc1. The molecule has 1 N–H and O–H groups in total. The minimum Gasteiger partial charge on any atom is -0.323 e. The quantitative estimate of drug-likeness (QED) is 0.811. The first-order valence-corrected chi connectivity index (χ1v) is 5.84. The molecule has 0 aromatic heterocycles. The Labute approximate surface area is 107 Å². The van der Waals surface area contributed by atoms with Crippen molar-refractivity contribution in [3.05, 3.63) is 78.4 Å². The highest BCUT2D eigenvalue weighted by molar-refractivity contribution is 5.98. The average Bonchev–Trinajstić information content (AvgIpc) is 2.42. The van der Waals surface area contributed by atoms with E-state index in [1.807, 2.05) is 42.5 Å². The molecule has 0 spiro atoms. The van der Waals surface area contributed by atoms with Crippen LogP contribution < -0.4 is 5.32 Å². The van der Waals surface area contributed by atoms with Crippen molar-refractivity contribution in [2.75, 3.05) is 5.32 Å². The van der Waals surface area contributed by atoms with Crippen LogP contribution >= 0.6 is 0 Å². The van der Waals surface area contributed by atoms with E-state index in [1.54, 1.807) is 0 Å². The number of benzene rings is 2. The van der Waals surface area contributed by atoms with Crippen LogP contribution in [0.15, 0.2) is 67.3 Å². The third-order valence-corrected chi connectivity index (χ3v) is 2.66. The summed E-state index contributed by atoms with van der Waals surface area (Å²) in [4.78, 5) is 11.1. The topological polar surface area (TPSA) is 29.1 Å². The van der Waals surface area contributed by atoms with Gasteiger partial charge < -0.3 is 5.32 Å². The lowest BCUT2D eigenvalue weighted by molar-refractivity contribution is -0.111. The molecule has 1 amide bonds. The Kier molecular flexibility index (Phi) is 3.92. The Morgan fingerprint density at radius 3 is 2.22 bits per heavy atom. The van der Waals surface area contributed by atoms with Gasteiger partial charge in [0.2, 0.25) is 5.91 Å². The molecule has 2 heteroatoms. The molecule has 0 unspecified atom stereocenters. The monoisotopic (exact) mass is 237 g/mol. The van der Waals surface area contributed by atoms with Crippen molar-refractivity contribution in [3.8, 4) is 0 Å². The lowest BCUT2D eigenvalue weighted by Crippen LogP contribution is -2.06. The van der Waals surface area contributed by atoms with E-state index in [0.717, 1.165) is 12.1 Å². The molecule has 0 heterocycles. The van der Waals surface area contributed by atoms with Crippen molar-refractivity contribution >= 4 is 11.6 Å². The van der Waals surface area contributed by atoms with Crippen LogP contribution in [-0.4, -0.2) is 5.91 Å². The molecule has 0 atom stereocenters. The van der Waals surface area contributed by atoms with Crippen molar-refractivity contribution in [2.24, 2.45) is 0 Å². The summed E-state index contributed by atoms with van der Waals surface area (Å²) in [5.74, 6) is -0.189. The molecule has 0 fully saturated rings. The van der Waals surface area contributed by atoms with Gasteiger partial charge in [-0.05, 0) is 35.8 Å². The van der Waals surface area contributed by atoms with E-state index in [1.165, 1.54) is 17.2 Å². The normalized spacial score (nSPS) is 9.78. The minimum absolute atomic E-state index is 0.189. The summed E-state index contributed by atoms with van der Waals surface area (Å²) in [7, 11) is 0. The predicted octanol–water partition coefficient (Wildman–Crippen LogP) is 3.40. The molecule has 18 heavy (non-hydrogen) atoms. The van der Waals surface area contributed by atoms with Crippen molar-refractivity contribution in [1.29, 1.82) is 0 Å². The van der Waals surface area contributed by atoms with Gasteiger partial charge in [0.1, 0.15) is 0 Å². The van der Waals surface area contributed by atoms with Crippen LogP contribution in [-0.2, 0) is 11.2 Å². The summed E-state index contributed by atoms with van der Waals surface area (Å²) < 4.78 is 0. The number of anilines is 1. The summed E-state index contributed by atoms with van der Waals surface area (Å²) in [5, 5.41) is 2.73. The average molecular weight is 237 g/mol. The van der Waals surface area contributed by atoms with Gasteiger partial charge in [0, 0.05) is 5.69 Å². The van der Waals surface area contributed by atoms with Crippen LogP contribution in [0.1, 0.15) is 11.1 Å². The minimum atomic E-state index is -0.189. The van der Waals surface area contributed by atoms with Gasteiger partial charge in [-0.25, -0.2) is 0 Å². The van der Waals surface area contributed by atoms with E-state index in [2.05, 4.69) is 24.0 Å². The van der Waals surface area contributed by atoms with Crippen LogP contribution in [0.4, 0.5) is 5.69 Å². The molecule has 0 aliphatic rings. The maximum Gasteiger partial charge on any atom is 0.247 e. The summed E-state index contributed by atoms with van der Waals surface area (Å²) in [5.41, 5.74) is 3.29. The number of nitrogens with one attached hydrogen (secondary N) is 1. The van der Waals surface area contributed by atoms with Gasteiger partial charge in [0.05, 0.1) is 0 Å². The zero-order valence-corrected chi connectivity index (χ0v) is 10.1. The number of carbonyl (C=O) groups excluding carboxylic acids is 1. The molecule has 2 aromatic rings. The smallest absolute Gasteiger partial charge is 0.247 e. The number of hydrogen-bond acceptors (Lipinski definition) is 1. The Hall–Kier alpha value is -2.35. The highest BCUT2D eigenvalue weighted by Gasteiger charge is 1.98. The molecular weight excluding hydrogens is 222 g/mol. The summed E-state index contributed by atoms with van der Waals surface area (Å²) in [6, 6.07) is 18.1. The van der Waals surface area contributed by atoms with Crippen LogP contribution in [0.2, 0.25) is 0 Å². The van der Waals surface area contributed by atoms with Crippen LogP contribution in [0.5, 0.6) is 0 Å². The van der Waals surface area contributed by atoms with E-state index in [4.69, 9.17) is 0 Å². The van der Waals surface area contributed by atoms with Gasteiger partial charge in [-0.15, -0.1) is 0 Å². The standard InChI is InChI=1S/C16H15NO/c1-2-16(18)17-15-10-8-14(9-11-15)12-13-6-4-3-5-7-13/h2-11H,1,12H2,(H,17,18). The second kappa shape index (κ2) is 5.82. The first-order valence-electron chi connectivity index (χ1n) is 5.84. The summed E-state index contributed by atoms with van der Waals surface area (Å²) in [6.07, 6.45) is 2.16. The second-order valence-electron chi connectivity index (χ2n) is 4.05. The molecule has 2 nitrogen and oxygen atoms in total. The number of carbonyl (C=O) groups is 1. The van der Waals surface area contributed by atoms with Gasteiger partial charge >= 0.3 is 0 Å². The largest absolute Gasteiger partial charge is 0.323 e. The van der Waals surface area contributed by atoms with Gasteiger partial charge in [-0.3, -0.25) is 4.79 Å². The third-order valence-electron chi connectivity index (χ3n) is 2.66. The van der Waals surface area contributed by atoms with E-state index >= 15 is 0 Å². The maximum atomic E-state index is 11.1. The zero-order valence-electron chi connectivity index (χ0n) is 10.1. The molecule has 0 saturated heterocycles. The molecule has 0 saturated carbocycles. The first kappa shape index (κ1) is 12.1. The molecular formula is C16H15NO. The van der Waals surface area contributed by atoms with E-state index in [0.29, 0.717) is 0 Å². The highest BCUT2D eigenvalue weighted by atomic mass is 16.1. The molecule has 2 rings (SSSR count). The predicted molar refractivity (Wildman–Crippen MR) is 74.5 cm³/mol. The molecule has 0 aliphatic carbocycles. The van der Waals surface area contributed by atoms with Gasteiger partial charge in [0.25, 0.3) is 0 Å². The summed E-state index contributed by atoms with van der Waals surface area (Å²) >= 11 is 0. The fourth-order valence-electron chi connectivity index (χ4n) is 1.73. The number of amides is 1. The summed E-state index contributed by atoms with van der Waals surface area (Å²) in [6.45, 7) is 3.42. The fraction of sp³-hybridized carbons (Fsp3) is 0.0625. The van der Waals surface area contributed by atoms with Gasteiger partial charge in [-0.1, -0.05) is 49.0 Å². The maximum absolute atomic E-state index is 11.1. The highest BCUT2D eigenvalue weighted by Crippen LogP contribution is 2.13. The molecule has 0 bridgehead atoms.